The second-order valence-electron chi connectivity index (χ2n) is 5.36. The van der Waals surface area contributed by atoms with Crippen molar-refractivity contribution in [2.75, 3.05) is 0 Å². The number of nitrogens with one attached hydrogen (secondary N) is 1. The third kappa shape index (κ3) is 4.04. The first-order valence-electron chi connectivity index (χ1n) is 7.40. The average molecular weight is 327 g/mol. The summed E-state index contributed by atoms with van der Waals surface area (Å²) < 4.78 is 28.1. The van der Waals surface area contributed by atoms with Crippen LogP contribution in [0.2, 0.25) is 0 Å². The van der Waals surface area contributed by atoms with E-state index in [0.29, 0.717) is 6.54 Å². The number of carbonyl (C=O) groups excluding carboxylic acids is 1. The van der Waals surface area contributed by atoms with Crippen molar-refractivity contribution in [3.63, 3.8) is 0 Å². The van der Waals surface area contributed by atoms with Crippen LogP contribution in [0.5, 0.6) is 0 Å². The fourth-order valence-corrected chi connectivity index (χ4v) is 2.31. The highest BCUT2D eigenvalue weighted by Crippen LogP contribution is 2.09. The van der Waals surface area contributed by atoms with Crippen LogP contribution < -0.4 is 5.32 Å². The molecular formula is C18H15F2N3O. The lowest BCUT2D eigenvalue weighted by atomic mass is 10.1. The first kappa shape index (κ1) is 15.9. The highest BCUT2D eigenvalue weighted by molar-refractivity contribution is 5.94. The van der Waals surface area contributed by atoms with Gasteiger partial charge in [-0.15, -0.1) is 0 Å². The number of nitrogens with zero attached hydrogens (tertiary/aromatic N) is 2. The Balaban J connectivity index is 1.59. The molecule has 4 nitrogen and oxygen atoms in total. The van der Waals surface area contributed by atoms with Crippen molar-refractivity contribution in [1.29, 1.82) is 0 Å². The highest BCUT2D eigenvalue weighted by atomic mass is 19.1. The highest BCUT2D eigenvalue weighted by Gasteiger charge is 2.09. The summed E-state index contributed by atoms with van der Waals surface area (Å²) in [4.78, 5) is 11.9. The normalized spacial score (nSPS) is 10.6. The lowest BCUT2D eigenvalue weighted by Crippen LogP contribution is -2.23. The second-order valence-corrected chi connectivity index (χ2v) is 5.36. The fraction of sp³-hybridized carbons (Fsp3) is 0.111. The number of amides is 1. The van der Waals surface area contributed by atoms with Crippen LogP contribution in [0, 0.1) is 11.6 Å². The van der Waals surface area contributed by atoms with Crippen LogP contribution in [0.3, 0.4) is 0 Å². The molecule has 0 fully saturated rings. The average Bonchev–Trinajstić information content (AvgIpc) is 3.06. The van der Waals surface area contributed by atoms with E-state index in [1.54, 1.807) is 6.20 Å². The summed E-state index contributed by atoms with van der Waals surface area (Å²) in [6.07, 6.45) is 3.60. The maximum atomic E-state index is 13.1. The maximum Gasteiger partial charge on any atom is 0.251 e. The Hall–Kier alpha value is -3.02. The first-order chi connectivity index (χ1) is 11.6. The Bertz CT molecular complexity index is 810. The van der Waals surface area contributed by atoms with Gasteiger partial charge in [-0.3, -0.25) is 9.48 Å². The van der Waals surface area contributed by atoms with Crippen LogP contribution in [0.25, 0.3) is 0 Å². The number of rotatable bonds is 5. The van der Waals surface area contributed by atoms with Crippen molar-refractivity contribution in [3.8, 4) is 0 Å². The predicted octanol–water partition coefficient (Wildman–Crippen LogP) is 3.14. The molecular weight excluding hydrogens is 312 g/mol. The van der Waals surface area contributed by atoms with Crippen LogP contribution in [0.15, 0.2) is 60.9 Å². The van der Waals surface area contributed by atoms with Crippen molar-refractivity contribution in [3.05, 3.63) is 89.2 Å². The van der Waals surface area contributed by atoms with Crippen LogP contribution in [-0.2, 0) is 13.1 Å². The van der Waals surface area contributed by atoms with E-state index in [2.05, 4.69) is 10.4 Å². The Morgan fingerprint density at radius 1 is 1.04 bits per heavy atom. The molecule has 0 bridgehead atoms. The molecule has 1 heterocycles. The third-order valence-corrected chi connectivity index (χ3v) is 3.50. The Labute approximate surface area is 137 Å². The summed E-state index contributed by atoms with van der Waals surface area (Å²) in [6.45, 7) is 0.946. The van der Waals surface area contributed by atoms with Gasteiger partial charge >= 0.3 is 0 Å². The molecule has 0 atom stereocenters. The van der Waals surface area contributed by atoms with Gasteiger partial charge < -0.3 is 5.32 Å². The second kappa shape index (κ2) is 7.04. The Kier molecular flexibility index (Phi) is 4.65. The van der Waals surface area contributed by atoms with Gasteiger partial charge in [-0.2, -0.15) is 5.10 Å². The number of hydrogen-bond donors (Lipinski definition) is 1. The van der Waals surface area contributed by atoms with E-state index in [9.17, 15) is 13.6 Å². The van der Waals surface area contributed by atoms with Crippen LogP contribution in [-0.4, -0.2) is 15.7 Å². The third-order valence-electron chi connectivity index (χ3n) is 3.50. The van der Waals surface area contributed by atoms with Gasteiger partial charge in [0.1, 0.15) is 11.6 Å². The predicted molar refractivity (Wildman–Crippen MR) is 85.3 cm³/mol. The molecule has 3 aromatic rings. The summed E-state index contributed by atoms with van der Waals surface area (Å²) in [6, 6.07) is 12.3. The summed E-state index contributed by atoms with van der Waals surface area (Å²) in [7, 11) is 0. The largest absolute Gasteiger partial charge is 0.348 e. The van der Waals surface area contributed by atoms with Gasteiger partial charge in [-0.05, 0) is 29.3 Å². The molecule has 0 saturated heterocycles. The monoisotopic (exact) mass is 327 g/mol. The Morgan fingerprint density at radius 3 is 2.33 bits per heavy atom. The number of halogens is 2. The molecule has 122 valence electrons. The van der Waals surface area contributed by atoms with Gasteiger partial charge in [0.15, 0.2) is 0 Å². The van der Waals surface area contributed by atoms with Crippen LogP contribution >= 0.6 is 0 Å². The quantitative estimate of drug-likeness (QED) is 0.782. The van der Waals surface area contributed by atoms with E-state index in [1.807, 2.05) is 41.2 Å². The number of hydrogen-bond acceptors (Lipinski definition) is 2. The van der Waals surface area contributed by atoms with Gasteiger partial charge in [0.25, 0.3) is 5.91 Å². The van der Waals surface area contributed by atoms with E-state index in [1.165, 1.54) is 0 Å². The van der Waals surface area contributed by atoms with Crippen molar-refractivity contribution >= 4 is 5.91 Å². The topological polar surface area (TPSA) is 46.9 Å². The number of aromatic nitrogens is 2. The molecule has 3 rings (SSSR count). The van der Waals surface area contributed by atoms with Crippen LogP contribution in [0.1, 0.15) is 21.5 Å². The molecule has 0 aliphatic rings. The summed E-state index contributed by atoms with van der Waals surface area (Å²) in [5, 5.41) is 6.78. The van der Waals surface area contributed by atoms with E-state index in [4.69, 9.17) is 0 Å². The molecule has 1 N–H and O–H groups in total. The van der Waals surface area contributed by atoms with E-state index < -0.39 is 17.5 Å². The van der Waals surface area contributed by atoms with Gasteiger partial charge in [0, 0.05) is 30.6 Å². The SMILES string of the molecule is O=C(NCc1ccc(Cn2cccn2)cc1)c1cc(F)cc(F)c1. The molecule has 0 spiro atoms. The number of carbonyl (C=O) groups is 1. The molecule has 6 heteroatoms. The van der Waals surface area contributed by atoms with E-state index in [-0.39, 0.29) is 12.1 Å². The van der Waals surface area contributed by atoms with Crippen molar-refractivity contribution in [2.45, 2.75) is 13.1 Å². The van der Waals surface area contributed by atoms with Gasteiger partial charge in [0.05, 0.1) is 6.54 Å². The zero-order valence-electron chi connectivity index (χ0n) is 12.7. The van der Waals surface area contributed by atoms with Crippen molar-refractivity contribution in [2.24, 2.45) is 0 Å². The molecule has 0 aliphatic heterocycles. The van der Waals surface area contributed by atoms with Crippen LogP contribution in [0.4, 0.5) is 8.78 Å². The lowest BCUT2D eigenvalue weighted by Gasteiger charge is -2.07. The summed E-state index contributed by atoms with van der Waals surface area (Å²) in [5.41, 5.74) is 1.94. The Morgan fingerprint density at radius 2 is 1.71 bits per heavy atom. The molecule has 2 aromatic carbocycles. The van der Waals surface area contributed by atoms with Gasteiger partial charge in [-0.25, -0.2) is 8.78 Å². The number of benzene rings is 2. The minimum Gasteiger partial charge on any atom is -0.348 e. The molecule has 1 aromatic heterocycles. The molecule has 0 aliphatic carbocycles. The minimum absolute atomic E-state index is 0.0391. The summed E-state index contributed by atoms with van der Waals surface area (Å²) in [5.74, 6) is -2.07. The van der Waals surface area contributed by atoms with Gasteiger partial charge in [0.2, 0.25) is 0 Å². The van der Waals surface area contributed by atoms with Gasteiger partial charge in [-0.1, -0.05) is 24.3 Å². The molecule has 0 unspecified atom stereocenters. The van der Waals surface area contributed by atoms with E-state index >= 15 is 0 Å². The molecule has 0 radical (unpaired) electrons. The van der Waals surface area contributed by atoms with Crippen molar-refractivity contribution < 1.29 is 13.6 Å². The lowest BCUT2D eigenvalue weighted by molar-refractivity contribution is 0.0950. The van der Waals surface area contributed by atoms with E-state index in [0.717, 1.165) is 29.3 Å². The standard InChI is InChI=1S/C18H15F2N3O/c19-16-8-15(9-17(20)10-16)18(24)21-11-13-2-4-14(5-3-13)12-23-7-1-6-22-23/h1-10H,11-12H2,(H,21,24). The first-order valence-corrected chi connectivity index (χ1v) is 7.40. The molecule has 1 amide bonds. The zero-order valence-corrected chi connectivity index (χ0v) is 12.7. The minimum atomic E-state index is -0.775. The smallest absolute Gasteiger partial charge is 0.251 e. The summed E-state index contributed by atoms with van der Waals surface area (Å²) >= 11 is 0. The molecule has 24 heavy (non-hydrogen) atoms. The van der Waals surface area contributed by atoms with Crippen molar-refractivity contribution in [1.82, 2.24) is 15.1 Å². The maximum absolute atomic E-state index is 13.1. The zero-order chi connectivity index (χ0) is 16.9. The molecule has 0 saturated carbocycles. The fourth-order valence-electron chi connectivity index (χ4n) is 2.31.